The summed E-state index contributed by atoms with van der Waals surface area (Å²) in [4.78, 5) is 12.3. The number of anilines is 1. The van der Waals surface area contributed by atoms with E-state index in [1.54, 1.807) is 0 Å². The molecule has 0 unspecified atom stereocenters. The molecular formula is C15H16Cl2N4O3S2. The van der Waals surface area contributed by atoms with Gasteiger partial charge in [0.05, 0.1) is 10.6 Å². The van der Waals surface area contributed by atoms with Gasteiger partial charge >= 0.3 is 0 Å². The molecule has 1 amide bonds. The molecule has 3 rings (SSSR count). The molecule has 1 aromatic heterocycles. The van der Waals surface area contributed by atoms with Crippen molar-refractivity contribution in [1.29, 1.82) is 0 Å². The van der Waals surface area contributed by atoms with Crippen molar-refractivity contribution >= 4 is 55.6 Å². The van der Waals surface area contributed by atoms with Gasteiger partial charge < -0.3 is 0 Å². The van der Waals surface area contributed by atoms with E-state index in [1.807, 2.05) is 0 Å². The van der Waals surface area contributed by atoms with E-state index in [0.29, 0.717) is 5.02 Å². The summed E-state index contributed by atoms with van der Waals surface area (Å²) in [6.45, 7) is 0. The lowest BCUT2D eigenvalue weighted by Crippen LogP contribution is -2.36. The molecule has 1 heterocycles. The van der Waals surface area contributed by atoms with Gasteiger partial charge in [-0.15, -0.1) is 10.2 Å². The van der Waals surface area contributed by atoms with Crippen molar-refractivity contribution < 1.29 is 13.2 Å². The van der Waals surface area contributed by atoms with E-state index in [9.17, 15) is 13.2 Å². The normalized spacial score (nSPS) is 15.8. The van der Waals surface area contributed by atoms with E-state index in [0.717, 1.165) is 43.4 Å². The Hall–Kier alpha value is -1.26. The number of halogens is 2. The van der Waals surface area contributed by atoms with Crippen molar-refractivity contribution in [2.75, 3.05) is 5.32 Å². The lowest BCUT2D eigenvalue weighted by Gasteiger charge is -2.21. The average molecular weight is 435 g/mol. The Labute approximate surface area is 165 Å². The molecule has 26 heavy (non-hydrogen) atoms. The number of nitrogens with zero attached hydrogens (tertiary/aromatic N) is 2. The van der Waals surface area contributed by atoms with E-state index < -0.39 is 15.9 Å². The van der Waals surface area contributed by atoms with E-state index >= 15 is 0 Å². The highest BCUT2D eigenvalue weighted by atomic mass is 35.5. The summed E-state index contributed by atoms with van der Waals surface area (Å²) < 4.78 is 27.3. The van der Waals surface area contributed by atoms with Crippen molar-refractivity contribution in [3.63, 3.8) is 0 Å². The maximum absolute atomic E-state index is 12.4. The van der Waals surface area contributed by atoms with E-state index in [4.69, 9.17) is 23.2 Å². The molecule has 2 N–H and O–H groups in total. The highest BCUT2D eigenvalue weighted by molar-refractivity contribution is 7.91. The molecule has 1 aliphatic rings. The minimum Gasteiger partial charge on any atom is -0.296 e. The summed E-state index contributed by atoms with van der Waals surface area (Å²) in [6.07, 6.45) is 4.77. The first kappa shape index (κ1) is 19.5. The van der Waals surface area contributed by atoms with Crippen LogP contribution in [0.3, 0.4) is 0 Å². The molecule has 11 heteroatoms. The van der Waals surface area contributed by atoms with Crippen LogP contribution in [0.5, 0.6) is 0 Å². The molecule has 1 saturated carbocycles. The third-order valence-electron chi connectivity index (χ3n) is 3.96. The summed E-state index contributed by atoms with van der Waals surface area (Å²) in [5, 5.41) is 10.6. The topological polar surface area (TPSA) is 101 Å². The Morgan fingerprint density at radius 3 is 2.58 bits per heavy atom. The second-order valence-electron chi connectivity index (χ2n) is 5.91. The highest BCUT2D eigenvalue weighted by Crippen LogP contribution is 2.25. The van der Waals surface area contributed by atoms with Crippen molar-refractivity contribution in [3.05, 3.63) is 33.8 Å². The fourth-order valence-corrected chi connectivity index (χ4v) is 5.41. The maximum Gasteiger partial charge on any atom is 0.270 e. The van der Waals surface area contributed by atoms with Crippen molar-refractivity contribution in [2.45, 2.75) is 42.5 Å². The first-order valence-corrected chi connectivity index (χ1v) is 11.0. The number of hydrogen-bond donors (Lipinski definition) is 2. The van der Waals surface area contributed by atoms with Crippen LogP contribution < -0.4 is 10.0 Å². The van der Waals surface area contributed by atoms with Gasteiger partial charge in [-0.3, -0.25) is 10.1 Å². The minimum atomic E-state index is -3.75. The van der Waals surface area contributed by atoms with Gasteiger partial charge in [-0.25, -0.2) is 13.1 Å². The van der Waals surface area contributed by atoms with E-state index in [2.05, 4.69) is 20.2 Å². The van der Waals surface area contributed by atoms with Crippen LogP contribution in [-0.2, 0) is 10.0 Å². The molecular weight excluding hydrogens is 419 g/mol. The summed E-state index contributed by atoms with van der Waals surface area (Å²) in [5.41, 5.74) is 0.205. The van der Waals surface area contributed by atoms with Crippen LogP contribution in [-0.4, -0.2) is 30.6 Å². The van der Waals surface area contributed by atoms with Crippen LogP contribution >= 0.6 is 34.5 Å². The number of carbonyl (C=O) groups is 1. The molecule has 0 radical (unpaired) electrons. The number of benzene rings is 1. The van der Waals surface area contributed by atoms with Crippen LogP contribution in [0.15, 0.2) is 22.5 Å². The summed E-state index contributed by atoms with van der Waals surface area (Å²) >= 11 is 12.6. The molecule has 0 saturated heterocycles. The number of carbonyl (C=O) groups excluding carboxylic acids is 1. The first-order valence-electron chi connectivity index (χ1n) is 7.97. The van der Waals surface area contributed by atoms with Gasteiger partial charge in [0.25, 0.3) is 15.9 Å². The SMILES string of the molecule is O=C(Nc1nnc(S(=O)(=O)NC2CCCCC2)s1)c1ccc(Cl)cc1Cl. The Balaban J connectivity index is 1.69. The van der Waals surface area contributed by atoms with Crippen LogP contribution in [0.4, 0.5) is 5.13 Å². The van der Waals surface area contributed by atoms with Gasteiger partial charge in [0, 0.05) is 11.1 Å². The van der Waals surface area contributed by atoms with Gasteiger partial charge in [0.15, 0.2) is 0 Å². The van der Waals surface area contributed by atoms with Crippen LogP contribution in [0.1, 0.15) is 42.5 Å². The first-order chi connectivity index (χ1) is 12.3. The van der Waals surface area contributed by atoms with E-state index in [-0.39, 0.29) is 26.1 Å². The molecule has 1 aromatic carbocycles. The molecule has 7 nitrogen and oxygen atoms in total. The van der Waals surface area contributed by atoms with Gasteiger partial charge in [0.1, 0.15) is 0 Å². The Morgan fingerprint density at radius 1 is 1.15 bits per heavy atom. The molecule has 0 atom stereocenters. The summed E-state index contributed by atoms with van der Waals surface area (Å²) in [6, 6.07) is 4.38. The quantitative estimate of drug-likeness (QED) is 0.698. The molecule has 1 fully saturated rings. The minimum absolute atomic E-state index is 0.0741. The number of hydrogen-bond acceptors (Lipinski definition) is 6. The fourth-order valence-electron chi connectivity index (χ4n) is 2.70. The lowest BCUT2D eigenvalue weighted by atomic mass is 9.96. The monoisotopic (exact) mass is 434 g/mol. The Bertz CT molecular complexity index is 911. The molecule has 0 bridgehead atoms. The second-order valence-corrected chi connectivity index (χ2v) is 9.62. The van der Waals surface area contributed by atoms with Crippen molar-refractivity contribution in [1.82, 2.24) is 14.9 Å². The lowest BCUT2D eigenvalue weighted by molar-refractivity contribution is 0.102. The zero-order chi connectivity index (χ0) is 18.7. The average Bonchev–Trinajstić information content (AvgIpc) is 3.04. The summed E-state index contributed by atoms with van der Waals surface area (Å²) in [7, 11) is -3.75. The van der Waals surface area contributed by atoms with Crippen LogP contribution in [0, 0.1) is 0 Å². The van der Waals surface area contributed by atoms with Gasteiger partial charge in [0.2, 0.25) is 9.47 Å². The maximum atomic E-state index is 12.4. The molecule has 0 aliphatic heterocycles. The highest BCUT2D eigenvalue weighted by Gasteiger charge is 2.26. The van der Waals surface area contributed by atoms with Crippen LogP contribution in [0.25, 0.3) is 0 Å². The zero-order valence-electron chi connectivity index (χ0n) is 13.5. The van der Waals surface area contributed by atoms with Gasteiger partial charge in [-0.1, -0.05) is 53.8 Å². The van der Waals surface area contributed by atoms with Crippen LogP contribution in [0.2, 0.25) is 10.0 Å². The number of rotatable bonds is 5. The number of aromatic nitrogens is 2. The predicted octanol–water partition coefficient (Wildman–Crippen LogP) is 3.71. The summed E-state index contributed by atoms with van der Waals surface area (Å²) in [5.74, 6) is -0.521. The predicted molar refractivity (Wildman–Crippen MR) is 102 cm³/mol. The largest absolute Gasteiger partial charge is 0.296 e. The third-order valence-corrected chi connectivity index (χ3v) is 7.23. The smallest absolute Gasteiger partial charge is 0.270 e. The Morgan fingerprint density at radius 2 is 1.88 bits per heavy atom. The Kier molecular flexibility index (Phi) is 6.13. The van der Waals surface area contributed by atoms with E-state index in [1.165, 1.54) is 18.2 Å². The number of sulfonamides is 1. The zero-order valence-corrected chi connectivity index (χ0v) is 16.7. The molecule has 2 aromatic rings. The molecule has 140 valence electrons. The van der Waals surface area contributed by atoms with Gasteiger partial charge in [-0.2, -0.15) is 0 Å². The van der Waals surface area contributed by atoms with Gasteiger partial charge in [-0.05, 0) is 31.0 Å². The van der Waals surface area contributed by atoms with Crippen molar-refractivity contribution in [3.8, 4) is 0 Å². The standard InChI is InChI=1S/C15H16Cl2N4O3S2/c16-9-6-7-11(12(17)8-9)13(22)18-14-19-20-15(25-14)26(23,24)21-10-4-2-1-3-5-10/h6-8,10,21H,1-5H2,(H,18,19,22). The fraction of sp³-hybridized carbons (Fsp3) is 0.400. The number of nitrogens with one attached hydrogen (secondary N) is 2. The molecule has 0 spiro atoms. The second kappa shape index (κ2) is 8.18. The molecule has 1 aliphatic carbocycles. The van der Waals surface area contributed by atoms with Crippen molar-refractivity contribution in [2.24, 2.45) is 0 Å². The number of amides is 1. The third kappa shape index (κ3) is 4.72.